The summed E-state index contributed by atoms with van der Waals surface area (Å²) in [5.41, 5.74) is 0. The molecule has 0 aromatic rings. The summed E-state index contributed by atoms with van der Waals surface area (Å²) in [7, 11) is 1.67. The van der Waals surface area contributed by atoms with Gasteiger partial charge in [0.15, 0.2) is 0 Å². The molecule has 0 aliphatic carbocycles. The van der Waals surface area contributed by atoms with Gasteiger partial charge in [0.05, 0.1) is 6.61 Å². The third-order valence-electron chi connectivity index (χ3n) is 3.45. The summed E-state index contributed by atoms with van der Waals surface area (Å²) in [6.07, 6.45) is -2.22. The third kappa shape index (κ3) is 8.44. The number of nitrogens with one attached hydrogen (secondary N) is 1. The van der Waals surface area contributed by atoms with Crippen LogP contribution in [0.1, 0.15) is 25.7 Å². The Labute approximate surface area is 113 Å². The highest BCUT2D eigenvalue weighted by Crippen LogP contribution is 2.22. The van der Waals surface area contributed by atoms with Gasteiger partial charge in [-0.1, -0.05) is 0 Å². The summed E-state index contributed by atoms with van der Waals surface area (Å²) in [6, 6.07) is 0. The van der Waals surface area contributed by atoms with Crippen LogP contribution in [0.4, 0.5) is 13.2 Å². The predicted molar refractivity (Wildman–Crippen MR) is 69.2 cm³/mol. The van der Waals surface area contributed by atoms with Crippen LogP contribution in [0.15, 0.2) is 0 Å². The van der Waals surface area contributed by atoms with Crippen molar-refractivity contribution in [1.29, 1.82) is 0 Å². The molecule has 19 heavy (non-hydrogen) atoms. The maximum Gasteiger partial charge on any atom is 0.389 e. The summed E-state index contributed by atoms with van der Waals surface area (Å²) in [4.78, 5) is 2.16. The van der Waals surface area contributed by atoms with E-state index in [1.165, 1.54) is 0 Å². The van der Waals surface area contributed by atoms with Crippen molar-refractivity contribution in [3.05, 3.63) is 0 Å². The van der Waals surface area contributed by atoms with E-state index in [0.29, 0.717) is 19.1 Å². The Kier molecular flexibility index (Phi) is 7.71. The Morgan fingerprint density at radius 3 is 2.84 bits per heavy atom. The zero-order chi connectivity index (χ0) is 14.1. The number of halogens is 3. The van der Waals surface area contributed by atoms with Gasteiger partial charge in [-0.25, -0.2) is 0 Å². The van der Waals surface area contributed by atoms with Crippen LogP contribution in [0.2, 0.25) is 0 Å². The van der Waals surface area contributed by atoms with E-state index in [-0.39, 0.29) is 6.42 Å². The SMILES string of the molecule is COCCNCC1CCCN(CCCC(F)(F)F)C1. The van der Waals surface area contributed by atoms with Gasteiger partial charge in [0.1, 0.15) is 0 Å². The number of piperidine rings is 1. The molecule has 0 bridgehead atoms. The molecule has 1 atom stereocenters. The quantitative estimate of drug-likeness (QED) is 0.691. The molecule has 3 nitrogen and oxygen atoms in total. The van der Waals surface area contributed by atoms with E-state index in [9.17, 15) is 13.2 Å². The Hall–Kier alpha value is -0.330. The lowest BCUT2D eigenvalue weighted by atomic mass is 9.98. The average molecular weight is 282 g/mol. The smallest absolute Gasteiger partial charge is 0.383 e. The number of alkyl halides is 3. The molecular formula is C13H25F3N2O. The highest BCUT2D eigenvalue weighted by atomic mass is 19.4. The largest absolute Gasteiger partial charge is 0.389 e. The summed E-state index contributed by atoms with van der Waals surface area (Å²) in [6.45, 7) is 4.88. The second-order valence-corrected chi connectivity index (χ2v) is 5.22. The van der Waals surface area contributed by atoms with Crippen LogP contribution in [0, 0.1) is 5.92 Å². The van der Waals surface area contributed by atoms with E-state index >= 15 is 0 Å². The predicted octanol–water partition coefficient (Wildman–Crippen LogP) is 2.28. The first kappa shape index (κ1) is 16.7. The minimum absolute atomic E-state index is 0.216. The highest BCUT2D eigenvalue weighted by Gasteiger charge is 2.27. The Balaban J connectivity index is 2.12. The normalized spacial score (nSPS) is 21.8. The van der Waals surface area contributed by atoms with Crippen molar-refractivity contribution < 1.29 is 17.9 Å². The summed E-state index contributed by atoms with van der Waals surface area (Å²) in [5, 5.41) is 3.33. The minimum Gasteiger partial charge on any atom is -0.383 e. The standard InChI is InChI=1S/C13H25F3N2O/c1-19-9-6-17-10-12-4-2-7-18(11-12)8-3-5-13(14,15)16/h12,17H,2-11H2,1H3. The Bertz CT molecular complexity index is 236. The van der Waals surface area contributed by atoms with Crippen LogP contribution in [0.5, 0.6) is 0 Å². The summed E-state index contributed by atoms with van der Waals surface area (Å²) < 4.78 is 41.2. The highest BCUT2D eigenvalue weighted by molar-refractivity contribution is 4.74. The molecule has 0 spiro atoms. The van der Waals surface area contributed by atoms with Crippen LogP contribution in [0.3, 0.4) is 0 Å². The van der Waals surface area contributed by atoms with Crippen LogP contribution in [-0.2, 0) is 4.74 Å². The monoisotopic (exact) mass is 282 g/mol. The number of hydrogen-bond donors (Lipinski definition) is 1. The molecule has 0 saturated carbocycles. The second-order valence-electron chi connectivity index (χ2n) is 5.22. The molecule has 114 valence electrons. The first-order chi connectivity index (χ1) is 9.01. The lowest BCUT2D eigenvalue weighted by Crippen LogP contribution is -2.40. The van der Waals surface area contributed by atoms with Crippen LogP contribution < -0.4 is 5.32 Å². The van der Waals surface area contributed by atoms with E-state index in [2.05, 4.69) is 10.2 Å². The van der Waals surface area contributed by atoms with Crippen molar-refractivity contribution in [1.82, 2.24) is 10.2 Å². The molecule has 1 heterocycles. The number of nitrogens with zero attached hydrogens (tertiary/aromatic N) is 1. The molecule has 6 heteroatoms. The second kappa shape index (κ2) is 8.76. The van der Waals surface area contributed by atoms with Gasteiger partial charge in [0.25, 0.3) is 0 Å². The summed E-state index contributed by atoms with van der Waals surface area (Å²) in [5.74, 6) is 0.552. The number of hydrogen-bond acceptors (Lipinski definition) is 3. The van der Waals surface area contributed by atoms with Gasteiger partial charge in [-0.05, 0) is 44.8 Å². The molecule has 1 N–H and O–H groups in total. The molecule has 1 saturated heterocycles. The van der Waals surface area contributed by atoms with Crippen molar-refractivity contribution in [3.8, 4) is 0 Å². The van der Waals surface area contributed by atoms with Crippen molar-refractivity contribution >= 4 is 0 Å². The molecule has 1 aliphatic rings. The number of ether oxygens (including phenoxy) is 1. The van der Waals surface area contributed by atoms with Gasteiger partial charge in [0, 0.05) is 26.6 Å². The van der Waals surface area contributed by atoms with Gasteiger partial charge < -0.3 is 15.0 Å². The van der Waals surface area contributed by atoms with E-state index in [1.807, 2.05) is 0 Å². The van der Waals surface area contributed by atoms with Crippen molar-refractivity contribution in [2.24, 2.45) is 5.92 Å². The lowest BCUT2D eigenvalue weighted by molar-refractivity contribution is -0.136. The maximum absolute atomic E-state index is 12.1. The molecule has 1 aliphatic heterocycles. The lowest BCUT2D eigenvalue weighted by Gasteiger charge is -2.33. The summed E-state index contributed by atoms with van der Waals surface area (Å²) >= 11 is 0. The number of methoxy groups -OCH3 is 1. The number of rotatable bonds is 8. The zero-order valence-electron chi connectivity index (χ0n) is 11.6. The molecule has 1 rings (SSSR count). The zero-order valence-corrected chi connectivity index (χ0v) is 11.6. The van der Waals surface area contributed by atoms with Gasteiger partial charge in [-0.2, -0.15) is 13.2 Å². The first-order valence-electron chi connectivity index (χ1n) is 7.00. The fourth-order valence-corrected chi connectivity index (χ4v) is 2.50. The van der Waals surface area contributed by atoms with Crippen LogP contribution in [0.25, 0.3) is 0 Å². The fraction of sp³-hybridized carbons (Fsp3) is 1.00. The Morgan fingerprint density at radius 1 is 1.37 bits per heavy atom. The topological polar surface area (TPSA) is 24.5 Å². The van der Waals surface area contributed by atoms with Gasteiger partial charge in [0.2, 0.25) is 0 Å². The van der Waals surface area contributed by atoms with Crippen LogP contribution in [-0.4, -0.2) is 57.5 Å². The van der Waals surface area contributed by atoms with Crippen molar-refractivity contribution in [2.75, 3.05) is 46.4 Å². The average Bonchev–Trinajstić information content (AvgIpc) is 2.34. The first-order valence-corrected chi connectivity index (χ1v) is 7.00. The van der Waals surface area contributed by atoms with Crippen molar-refractivity contribution in [3.63, 3.8) is 0 Å². The minimum atomic E-state index is -4.02. The maximum atomic E-state index is 12.1. The van der Waals surface area contributed by atoms with Gasteiger partial charge in [-0.15, -0.1) is 0 Å². The fourth-order valence-electron chi connectivity index (χ4n) is 2.50. The van der Waals surface area contributed by atoms with Gasteiger partial charge >= 0.3 is 6.18 Å². The molecule has 0 aromatic heterocycles. The molecule has 0 aromatic carbocycles. The van der Waals surface area contributed by atoms with E-state index in [4.69, 9.17) is 4.74 Å². The molecule has 1 fully saturated rings. The third-order valence-corrected chi connectivity index (χ3v) is 3.45. The van der Waals surface area contributed by atoms with E-state index in [0.717, 1.165) is 39.0 Å². The molecule has 0 radical (unpaired) electrons. The van der Waals surface area contributed by atoms with Crippen LogP contribution >= 0.6 is 0 Å². The molecule has 0 amide bonds. The number of likely N-dealkylation sites (tertiary alicyclic amines) is 1. The van der Waals surface area contributed by atoms with Crippen molar-refractivity contribution in [2.45, 2.75) is 31.9 Å². The molecular weight excluding hydrogens is 257 g/mol. The van der Waals surface area contributed by atoms with Gasteiger partial charge in [-0.3, -0.25) is 0 Å². The van der Waals surface area contributed by atoms with E-state index in [1.54, 1.807) is 7.11 Å². The molecule has 1 unspecified atom stereocenters. The van der Waals surface area contributed by atoms with E-state index < -0.39 is 12.6 Å². The Morgan fingerprint density at radius 2 is 2.16 bits per heavy atom.